The van der Waals surface area contributed by atoms with E-state index in [0.717, 1.165) is 5.56 Å². The summed E-state index contributed by atoms with van der Waals surface area (Å²) in [5.41, 5.74) is 2.34. The number of hydrogen-bond acceptors (Lipinski definition) is 6. The number of ether oxygens (including phenoxy) is 1. The monoisotopic (exact) mass is 440 g/mol. The number of imidazole rings is 1. The number of aliphatic hydroxyl groups is 3. The van der Waals surface area contributed by atoms with Gasteiger partial charge in [0.15, 0.2) is 11.4 Å². The molecule has 3 aromatic rings. The van der Waals surface area contributed by atoms with E-state index in [1.54, 1.807) is 16.7 Å². The third-order valence-electron chi connectivity index (χ3n) is 4.68. The molecule has 0 bridgehead atoms. The molecule has 0 spiro atoms. The standard InChI is InChI=1S/C19H18Cl2N2O4S/c20-11-6-13-14(7-12(11)21)23(18-17(26)16(25)15(8-24)27-18)19(22-13)28-9-10-4-2-1-3-5-10/h1-7,15-18,24-26H,8-9H2/t15-,16-,17-,18-/m1/s1. The van der Waals surface area contributed by atoms with Crippen LogP contribution >= 0.6 is 35.0 Å². The number of hydrogen-bond donors (Lipinski definition) is 3. The second-order valence-electron chi connectivity index (χ2n) is 6.52. The van der Waals surface area contributed by atoms with E-state index in [9.17, 15) is 15.3 Å². The van der Waals surface area contributed by atoms with Crippen molar-refractivity contribution in [3.05, 3.63) is 58.1 Å². The van der Waals surface area contributed by atoms with E-state index in [2.05, 4.69) is 4.98 Å². The molecule has 1 aliphatic heterocycles. The first kappa shape index (κ1) is 20.0. The normalized spacial score (nSPS) is 24.9. The van der Waals surface area contributed by atoms with E-state index in [-0.39, 0.29) is 0 Å². The number of nitrogens with zero attached hydrogens (tertiary/aromatic N) is 2. The van der Waals surface area contributed by atoms with Crippen LogP contribution in [0.25, 0.3) is 11.0 Å². The molecule has 4 atom stereocenters. The number of aromatic nitrogens is 2. The molecule has 3 N–H and O–H groups in total. The third kappa shape index (κ3) is 3.64. The summed E-state index contributed by atoms with van der Waals surface area (Å²) in [6.45, 7) is -0.402. The van der Waals surface area contributed by atoms with Gasteiger partial charge in [-0.05, 0) is 17.7 Å². The first-order valence-electron chi connectivity index (χ1n) is 8.65. The molecule has 1 saturated heterocycles. The molecule has 4 rings (SSSR count). The molecule has 0 aliphatic carbocycles. The Morgan fingerprint density at radius 1 is 1.07 bits per heavy atom. The van der Waals surface area contributed by atoms with Crippen LogP contribution in [0.2, 0.25) is 10.0 Å². The fourth-order valence-corrected chi connectivity index (χ4v) is 4.54. The summed E-state index contributed by atoms with van der Waals surface area (Å²) in [6, 6.07) is 13.2. The summed E-state index contributed by atoms with van der Waals surface area (Å²) in [4.78, 5) is 4.63. The minimum Gasteiger partial charge on any atom is -0.394 e. The third-order valence-corrected chi connectivity index (χ3v) is 6.43. The summed E-state index contributed by atoms with van der Waals surface area (Å²) in [5, 5.41) is 31.4. The lowest BCUT2D eigenvalue weighted by Gasteiger charge is -2.20. The van der Waals surface area contributed by atoms with Crippen LogP contribution in [-0.4, -0.2) is 49.8 Å². The van der Waals surface area contributed by atoms with Crippen molar-refractivity contribution in [2.45, 2.75) is 35.4 Å². The van der Waals surface area contributed by atoms with Gasteiger partial charge in [0.2, 0.25) is 0 Å². The average molecular weight is 441 g/mol. The van der Waals surface area contributed by atoms with E-state index < -0.39 is 31.1 Å². The zero-order chi connectivity index (χ0) is 19.8. The summed E-state index contributed by atoms with van der Waals surface area (Å²) >= 11 is 13.8. The van der Waals surface area contributed by atoms with Crippen molar-refractivity contribution in [1.82, 2.24) is 9.55 Å². The van der Waals surface area contributed by atoms with Crippen molar-refractivity contribution in [3.63, 3.8) is 0 Å². The maximum absolute atomic E-state index is 10.5. The highest BCUT2D eigenvalue weighted by Crippen LogP contribution is 2.39. The number of thioether (sulfide) groups is 1. The summed E-state index contributed by atoms with van der Waals surface area (Å²) in [6.07, 6.45) is -4.22. The van der Waals surface area contributed by atoms with Crippen molar-refractivity contribution in [2.24, 2.45) is 0 Å². The van der Waals surface area contributed by atoms with Gasteiger partial charge in [0.1, 0.15) is 18.3 Å². The van der Waals surface area contributed by atoms with Crippen molar-refractivity contribution in [2.75, 3.05) is 6.61 Å². The molecule has 1 aliphatic rings. The van der Waals surface area contributed by atoms with E-state index >= 15 is 0 Å². The predicted octanol–water partition coefficient (Wildman–Crippen LogP) is 3.25. The van der Waals surface area contributed by atoms with E-state index in [4.69, 9.17) is 27.9 Å². The van der Waals surface area contributed by atoms with Crippen molar-refractivity contribution in [1.29, 1.82) is 0 Å². The first-order chi connectivity index (χ1) is 13.5. The molecule has 9 heteroatoms. The molecule has 2 heterocycles. The lowest BCUT2D eigenvalue weighted by atomic mass is 10.1. The highest BCUT2D eigenvalue weighted by atomic mass is 35.5. The minimum absolute atomic E-state index is 0.349. The van der Waals surface area contributed by atoms with Gasteiger partial charge >= 0.3 is 0 Å². The molecule has 1 aromatic heterocycles. The fraction of sp³-hybridized carbons (Fsp3) is 0.316. The molecular formula is C19H18Cl2N2O4S. The Kier molecular flexibility index (Phi) is 5.85. The zero-order valence-electron chi connectivity index (χ0n) is 14.6. The second kappa shape index (κ2) is 8.20. The number of halogens is 2. The number of fused-ring (bicyclic) bond motifs is 1. The molecule has 28 heavy (non-hydrogen) atoms. The van der Waals surface area contributed by atoms with Gasteiger partial charge in [-0.15, -0.1) is 0 Å². The zero-order valence-corrected chi connectivity index (χ0v) is 16.9. The van der Waals surface area contributed by atoms with Crippen LogP contribution in [0.15, 0.2) is 47.6 Å². The summed E-state index contributed by atoms with van der Waals surface area (Å²) < 4.78 is 7.44. The minimum atomic E-state index is -1.22. The second-order valence-corrected chi connectivity index (χ2v) is 8.28. The smallest absolute Gasteiger partial charge is 0.171 e. The van der Waals surface area contributed by atoms with Gasteiger partial charge < -0.3 is 20.1 Å². The Morgan fingerprint density at radius 3 is 2.46 bits per heavy atom. The number of aliphatic hydroxyl groups excluding tert-OH is 3. The fourth-order valence-electron chi connectivity index (χ4n) is 3.23. The van der Waals surface area contributed by atoms with Gasteiger partial charge in [0.25, 0.3) is 0 Å². The van der Waals surface area contributed by atoms with Gasteiger partial charge in [-0.25, -0.2) is 4.98 Å². The molecule has 148 valence electrons. The SMILES string of the molecule is OC[C@H]1O[C@@H](n2c(SCc3ccccc3)nc3cc(Cl)c(Cl)cc32)[C@H](O)[C@@H]1O. The van der Waals surface area contributed by atoms with Gasteiger partial charge in [0, 0.05) is 5.75 Å². The van der Waals surface area contributed by atoms with Gasteiger partial charge in [-0.2, -0.15) is 0 Å². The van der Waals surface area contributed by atoms with Crippen LogP contribution in [0.1, 0.15) is 11.8 Å². The summed E-state index contributed by atoms with van der Waals surface area (Å²) in [5.74, 6) is 0.653. The largest absolute Gasteiger partial charge is 0.394 e. The van der Waals surface area contributed by atoms with Crippen LogP contribution in [0.3, 0.4) is 0 Å². The lowest BCUT2D eigenvalue weighted by molar-refractivity contribution is -0.0546. The maximum atomic E-state index is 10.5. The summed E-state index contributed by atoms with van der Waals surface area (Å²) in [7, 11) is 0. The number of benzene rings is 2. The Morgan fingerprint density at radius 2 is 1.79 bits per heavy atom. The highest BCUT2D eigenvalue weighted by Gasteiger charge is 2.44. The average Bonchev–Trinajstić information content (AvgIpc) is 3.18. The van der Waals surface area contributed by atoms with Crippen LogP contribution in [0, 0.1) is 0 Å². The Balaban J connectivity index is 1.76. The van der Waals surface area contributed by atoms with Gasteiger partial charge in [-0.3, -0.25) is 4.57 Å². The Bertz CT molecular complexity index is 985. The first-order valence-corrected chi connectivity index (χ1v) is 10.4. The predicted molar refractivity (Wildman–Crippen MR) is 109 cm³/mol. The molecule has 2 aromatic carbocycles. The molecule has 0 radical (unpaired) electrons. The van der Waals surface area contributed by atoms with Gasteiger partial charge in [-0.1, -0.05) is 65.3 Å². The van der Waals surface area contributed by atoms with Crippen LogP contribution in [0.5, 0.6) is 0 Å². The van der Waals surface area contributed by atoms with Crippen molar-refractivity contribution >= 4 is 46.0 Å². The molecule has 1 fully saturated rings. The number of rotatable bonds is 5. The van der Waals surface area contributed by atoms with Crippen molar-refractivity contribution in [3.8, 4) is 0 Å². The Hall–Kier alpha value is -1.32. The van der Waals surface area contributed by atoms with Gasteiger partial charge in [0.05, 0.1) is 27.7 Å². The van der Waals surface area contributed by atoms with E-state index in [1.807, 2.05) is 30.3 Å². The molecule has 0 amide bonds. The quantitative estimate of drug-likeness (QED) is 0.527. The molecule has 0 unspecified atom stereocenters. The lowest BCUT2D eigenvalue weighted by Crippen LogP contribution is -2.33. The maximum Gasteiger partial charge on any atom is 0.171 e. The van der Waals surface area contributed by atoms with Crippen LogP contribution < -0.4 is 0 Å². The highest BCUT2D eigenvalue weighted by molar-refractivity contribution is 7.98. The molecular weight excluding hydrogens is 423 g/mol. The van der Waals surface area contributed by atoms with Crippen molar-refractivity contribution < 1.29 is 20.1 Å². The molecule has 0 saturated carbocycles. The van der Waals surface area contributed by atoms with E-state index in [0.29, 0.717) is 32.0 Å². The Labute approximate surface area is 175 Å². The van der Waals surface area contributed by atoms with Crippen LogP contribution in [-0.2, 0) is 10.5 Å². The van der Waals surface area contributed by atoms with Crippen LogP contribution in [0.4, 0.5) is 0 Å². The topological polar surface area (TPSA) is 87.7 Å². The molecule has 6 nitrogen and oxygen atoms in total. The van der Waals surface area contributed by atoms with E-state index in [1.165, 1.54) is 11.8 Å².